The number of amides is 1. The zero-order valence-corrected chi connectivity index (χ0v) is 17.9. The molecule has 3 heterocycles. The summed E-state index contributed by atoms with van der Waals surface area (Å²) in [5.74, 6) is 1.56. The molecule has 0 saturated heterocycles. The standard InChI is InChI=1S/C26H18N4O4/c31-25(28-18-8-5-16(6-9-18)26-30-27-15-34-26)20-14-22(29-21-4-2-1-3-19(20)21)17-7-10-23-24(13-17)33-12-11-32-23/h1-10,13-15H,11-12H2,(H,28,31). The molecule has 2 aromatic heterocycles. The van der Waals surface area contributed by atoms with Crippen molar-refractivity contribution >= 4 is 22.5 Å². The SMILES string of the molecule is O=C(Nc1ccc(-c2nnco2)cc1)c1cc(-c2ccc3c(c2)OCCO3)nc2ccccc12. The first kappa shape index (κ1) is 19.9. The maximum atomic E-state index is 13.3. The number of benzene rings is 3. The maximum Gasteiger partial charge on any atom is 0.256 e. The summed E-state index contributed by atoms with van der Waals surface area (Å²) in [7, 11) is 0. The van der Waals surface area contributed by atoms with Gasteiger partial charge < -0.3 is 19.2 Å². The van der Waals surface area contributed by atoms with Crippen LogP contribution < -0.4 is 14.8 Å². The van der Waals surface area contributed by atoms with E-state index in [0.29, 0.717) is 47.5 Å². The number of nitrogens with zero attached hydrogens (tertiary/aromatic N) is 3. The third-order valence-corrected chi connectivity index (χ3v) is 5.55. The van der Waals surface area contributed by atoms with Crippen molar-refractivity contribution in [3.8, 4) is 34.2 Å². The van der Waals surface area contributed by atoms with Crippen molar-refractivity contribution in [3.63, 3.8) is 0 Å². The quantitative estimate of drug-likeness (QED) is 0.412. The largest absolute Gasteiger partial charge is 0.486 e. The van der Waals surface area contributed by atoms with Gasteiger partial charge in [-0.1, -0.05) is 18.2 Å². The lowest BCUT2D eigenvalue weighted by Gasteiger charge is -2.19. The van der Waals surface area contributed by atoms with Crippen LogP contribution in [-0.4, -0.2) is 34.3 Å². The van der Waals surface area contributed by atoms with Crippen LogP contribution in [0.4, 0.5) is 5.69 Å². The molecule has 3 aromatic carbocycles. The fraction of sp³-hybridized carbons (Fsp3) is 0.0769. The fourth-order valence-electron chi connectivity index (χ4n) is 3.91. The highest BCUT2D eigenvalue weighted by Crippen LogP contribution is 2.35. The van der Waals surface area contributed by atoms with Crippen molar-refractivity contribution in [1.82, 2.24) is 15.2 Å². The van der Waals surface area contributed by atoms with Crippen LogP contribution in [0.5, 0.6) is 11.5 Å². The van der Waals surface area contributed by atoms with Crippen LogP contribution >= 0.6 is 0 Å². The lowest BCUT2D eigenvalue weighted by molar-refractivity contribution is 0.102. The van der Waals surface area contributed by atoms with Crippen LogP contribution in [0.1, 0.15) is 10.4 Å². The predicted molar refractivity (Wildman–Crippen MR) is 126 cm³/mol. The molecular formula is C26H18N4O4. The van der Waals surface area contributed by atoms with Crippen molar-refractivity contribution in [1.29, 1.82) is 0 Å². The van der Waals surface area contributed by atoms with Crippen molar-refractivity contribution in [2.24, 2.45) is 0 Å². The Balaban J connectivity index is 1.35. The number of ether oxygens (including phenoxy) is 2. The van der Waals surface area contributed by atoms with Gasteiger partial charge in [0.1, 0.15) is 13.2 Å². The Morgan fingerprint density at radius 1 is 0.853 bits per heavy atom. The van der Waals surface area contributed by atoms with Crippen molar-refractivity contribution in [2.45, 2.75) is 0 Å². The molecule has 1 aliphatic heterocycles. The number of carbonyl (C=O) groups excluding carboxylic acids is 1. The zero-order valence-electron chi connectivity index (χ0n) is 17.9. The van der Waals surface area contributed by atoms with Gasteiger partial charge >= 0.3 is 0 Å². The molecule has 5 aromatic rings. The van der Waals surface area contributed by atoms with E-state index in [-0.39, 0.29) is 5.91 Å². The molecule has 6 rings (SSSR count). The van der Waals surface area contributed by atoms with Crippen molar-refractivity contribution < 1.29 is 18.7 Å². The van der Waals surface area contributed by atoms with E-state index in [1.807, 2.05) is 54.6 Å². The van der Waals surface area contributed by atoms with E-state index in [2.05, 4.69) is 15.5 Å². The van der Waals surface area contributed by atoms with E-state index in [9.17, 15) is 4.79 Å². The van der Waals surface area contributed by atoms with Gasteiger partial charge in [0.05, 0.1) is 16.8 Å². The van der Waals surface area contributed by atoms with Crippen LogP contribution in [-0.2, 0) is 0 Å². The molecule has 1 amide bonds. The number of carbonyl (C=O) groups is 1. The van der Waals surface area contributed by atoms with Gasteiger partial charge in [-0.25, -0.2) is 4.98 Å². The van der Waals surface area contributed by atoms with Gasteiger partial charge in [0.25, 0.3) is 5.91 Å². The minimum Gasteiger partial charge on any atom is -0.486 e. The molecule has 8 nitrogen and oxygen atoms in total. The normalized spacial score (nSPS) is 12.5. The van der Waals surface area contributed by atoms with Gasteiger partial charge in [-0.15, -0.1) is 10.2 Å². The molecule has 0 atom stereocenters. The summed E-state index contributed by atoms with van der Waals surface area (Å²) in [6.45, 7) is 1.03. The van der Waals surface area contributed by atoms with E-state index in [1.165, 1.54) is 6.39 Å². The monoisotopic (exact) mass is 450 g/mol. The molecular weight excluding hydrogens is 432 g/mol. The smallest absolute Gasteiger partial charge is 0.256 e. The lowest BCUT2D eigenvalue weighted by atomic mass is 10.0. The molecule has 166 valence electrons. The Morgan fingerprint density at radius 3 is 2.47 bits per heavy atom. The summed E-state index contributed by atoms with van der Waals surface area (Å²) in [4.78, 5) is 18.1. The topological polar surface area (TPSA) is 99.4 Å². The van der Waals surface area contributed by atoms with Gasteiger partial charge in [-0.2, -0.15) is 0 Å². The summed E-state index contributed by atoms with van der Waals surface area (Å²) < 4.78 is 16.6. The Labute approximate surface area is 194 Å². The molecule has 0 radical (unpaired) electrons. The van der Waals surface area contributed by atoms with Gasteiger partial charge in [0, 0.05) is 22.2 Å². The van der Waals surface area contributed by atoms with E-state index in [4.69, 9.17) is 18.9 Å². The number of aromatic nitrogens is 3. The zero-order chi connectivity index (χ0) is 22.9. The number of anilines is 1. The van der Waals surface area contributed by atoms with E-state index >= 15 is 0 Å². The second-order valence-electron chi connectivity index (χ2n) is 7.71. The van der Waals surface area contributed by atoms with E-state index in [1.54, 1.807) is 18.2 Å². The van der Waals surface area contributed by atoms with Crippen LogP contribution in [0, 0.1) is 0 Å². The fourth-order valence-corrected chi connectivity index (χ4v) is 3.91. The number of nitrogens with one attached hydrogen (secondary N) is 1. The summed E-state index contributed by atoms with van der Waals surface area (Å²) in [5, 5.41) is 11.3. The Bertz CT molecular complexity index is 1500. The molecule has 0 fully saturated rings. The van der Waals surface area contributed by atoms with Gasteiger partial charge in [-0.3, -0.25) is 4.79 Å². The summed E-state index contributed by atoms with van der Waals surface area (Å²) in [6, 6.07) is 22.3. The Hall–Kier alpha value is -4.72. The second kappa shape index (κ2) is 8.32. The van der Waals surface area contributed by atoms with Crippen LogP contribution in [0.15, 0.2) is 83.6 Å². The number of pyridine rings is 1. The van der Waals surface area contributed by atoms with Crippen LogP contribution in [0.3, 0.4) is 0 Å². The first-order valence-corrected chi connectivity index (χ1v) is 10.7. The first-order chi connectivity index (χ1) is 16.7. The summed E-state index contributed by atoms with van der Waals surface area (Å²) >= 11 is 0. The average molecular weight is 450 g/mol. The predicted octanol–water partition coefficient (Wildman–Crippen LogP) is 4.98. The molecule has 0 bridgehead atoms. The lowest BCUT2D eigenvalue weighted by Crippen LogP contribution is -2.15. The number of hydrogen-bond acceptors (Lipinski definition) is 7. The molecule has 0 saturated carbocycles. The molecule has 34 heavy (non-hydrogen) atoms. The third kappa shape index (κ3) is 3.71. The average Bonchev–Trinajstić information content (AvgIpc) is 3.43. The highest BCUT2D eigenvalue weighted by molar-refractivity contribution is 6.13. The molecule has 8 heteroatoms. The number of hydrogen-bond donors (Lipinski definition) is 1. The molecule has 0 unspecified atom stereocenters. The molecule has 0 aliphatic carbocycles. The minimum absolute atomic E-state index is 0.233. The van der Waals surface area contributed by atoms with Gasteiger partial charge in [0.2, 0.25) is 12.3 Å². The Kier molecular flexibility index (Phi) is 4.88. The number of rotatable bonds is 4. The highest BCUT2D eigenvalue weighted by atomic mass is 16.6. The number of fused-ring (bicyclic) bond motifs is 2. The molecule has 1 N–H and O–H groups in total. The van der Waals surface area contributed by atoms with Crippen LogP contribution in [0.2, 0.25) is 0 Å². The van der Waals surface area contributed by atoms with Gasteiger partial charge in [0.15, 0.2) is 11.5 Å². The second-order valence-corrected chi connectivity index (χ2v) is 7.71. The van der Waals surface area contributed by atoms with E-state index < -0.39 is 0 Å². The highest BCUT2D eigenvalue weighted by Gasteiger charge is 2.17. The van der Waals surface area contributed by atoms with E-state index in [0.717, 1.165) is 22.0 Å². The van der Waals surface area contributed by atoms with Crippen LogP contribution in [0.25, 0.3) is 33.6 Å². The summed E-state index contributed by atoms with van der Waals surface area (Å²) in [5.41, 5.74) is 4.18. The van der Waals surface area contributed by atoms with Crippen molar-refractivity contribution in [3.05, 3.63) is 84.8 Å². The minimum atomic E-state index is -0.233. The summed E-state index contributed by atoms with van der Waals surface area (Å²) in [6.07, 6.45) is 1.28. The molecule has 1 aliphatic rings. The number of para-hydroxylation sites is 1. The van der Waals surface area contributed by atoms with Gasteiger partial charge in [-0.05, 0) is 54.6 Å². The maximum absolute atomic E-state index is 13.3. The molecule has 0 spiro atoms. The third-order valence-electron chi connectivity index (χ3n) is 5.55. The first-order valence-electron chi connectivity index (χ1n) is 10.7. The van der Waals surface area contributed by atoms with Crippen molar-refractivity contribution in [2.75, 3.05) is 18.5 Å². The Morgan fingerprint density at radius 2 is 1.65 bits per heavy atom.